The van der Waals surface area contributed by atoms with Crippen LogP contribution in [-0.2, 0) is 0 Å². The fraction of sp³-hybridized carbons (Fsp3) is 0.600. The van der Waals surface area contributed by atoms with Crippen LogP contribution in [0.15, 0.2) is 18.2 Å². The molecule has 0 saturated carbocycles. The van der Waals surface area contributed by atoms with Gasteiger partial charge < -0.3 is 10.6 Å². The molecule has 2 N–H and O–H groups in total. The zero-order valence-electron chi connectivity index (χ0n) is 12.1. The first-order valence-electron chi connectivity index (χ1n) is 7.08. The van der Waals surface area contributed by atoms with Gasteiger partial charge >= 0.3 is 0 Å². The lowest BCUT2D eigenvalue weighted by atomic mass is 9.99. The number of nitrogens with zero attached hydrogens (tertiary/aromatic N) is 2. The largest absolute Gasteiger partial charge is 0.329 e. The summed E-state index contributed by atoms with van der Waals surface area (Å²) in [6.07, 6.45) is 2.37. The van der Waals surface area contributed by atoms with Crippen LogP contribution in [0.1, 0.15) is 24.4 Å². The van der Waals surface area contributed by atoms with Crippen LogP contribution >= 0.6 is 11.6 Å². The van der Waals surface area contributed by atoms with Crippen molar-refractivity contribution >= 4 is 11.6 Å². The molecule has 1 aromatic rings. The van der Waals surface area contributed by atoms with Crippen LogP contribution in [0, 0.1) is 5.82 Å². The van der Waals surface area contributed by atoms with E-state index in [9.17, 15) is 4.39 Å². The van der Waals surface area contributed by atoms with Crippen molar-refractivity contribution in [2.24, 2.45) is 5.73 Å². The van der Waals surface area contributed by atoms with E-state index in [4.69, 9.17) is 17.3 Å². The van der Waals surface area contributed by atoms with Gasteiger partial charge in [-0.15, -0.1) is 0 Å². The van der Waals surface area contributed by atoms with Crippen molar-refractivity contribution in [2.75, 3.05) is 33.7 Å². The molecule has 2 rings (SSSR count). The van der Waals surface area contributed by atoms with Crippen LogP contribution in [0.5, 0.6) is 0 Å². The predicted octanol–water partition coefficient (Wildman–Crippen LogP) is 2.50. The summed E-state index contributed by atoms with van der Waals surface area (Å²) in [6.45, 7) is 2.70. The van der Waals surface area contributed by atoms with Crippen molar-refractivity contribution in [3.63, 3.8) is 0 Å². The lowest BCUT2D eigenvalue weighted by molar-refractivity contribution is 0.101. The minimum absolute atomic E-state index is 0.0737. The summed E-state index contributed by atoms with van der Waals surface area (Å²) in [7, 11) is 4.24. The Bertz CT molecular complexity index is 455. The minimum atomic E-state index is -0.383. The molecule has 1 fully saturated rings. The maximum absolute atomic E-state index is 13.3. The lowest BCUT2D eigenvalue weighted by Gasteiger charge is -2.40. The van der Waals surface area contributed by atoms with Gasteiger partial charge in [-0.25, -0.2) is 4.39 Å². The number of hydrogen-bond donors (Lipinski definition) is 1. The maximum Gasteiger partial charge on any atom is 0.141 e. The second-order valence-electron chi connectivity index (χ2n) is 5.65. The highest BCUT2D eigenvalue weighted by Crippen LogP contribution is 2.27. The van der Waals surface area contributed by atoms with Crippen LogP contribution in [0.25, 0.3) is 0 Å². The van der Waals surface area contributed by atoms with Gasteiger partial charge in [0.2, 0.25) is 0 Å². The Kier molecular flexibility index (Phi) is 5.38. The molecule has 0 radical (unpaired) electrons. The second kappa shape index (κ2) is 6.85. The van der Waals surface area contributed by atoms with Crippen molar-refractivity contribution in [3.05, 3.63) is 34.6 Å². The topological polar surface area (TPSA) is 32.5 Å². The summed E-state index contributed by atoms with van der Waals surface area (Å²) < 4.78 is 13.3. The van der Waals surface area contributed by atoms with Crippen molar-refractivity contribution in [1.82, 2.24) is 9.80 Å². The van der Waals surface area contributed by atoms with Gasteiger partial charge in [0.1, 0.15) is 5.82 Å². The van der Waals surface area contributed by atoms with Gasteiger partial charge in [0.05, 0.1) is 5.02 Å². The summed E-state index contributed by atoms with van der Waals surface area (Å²) in [5, 5.41) is 0.162. The van der Waals surface area contributed by atoms with Crippen LogP contribution in [-0.4, -0.2) is 49.6 Å². The van der Waals surface area contributed by atoms with Crippen molar-refractivity contribution < 1.29 is 4.39 Å². The Morgan fingerprint density at radius 2 is 2.30 bits per heavy atom. The van der Waals surface area contributed by atoms with Gasteiger partial charge in [-0.05, 0) is 51.2 Å². The molecule has 20 heavy (non-hydrogen) atoms. The first-order chi connectivity index (χ1) is 9.52. The number of benzene rings is 1. The molecule has 1 aliphatic rings. The Morgan fingerprint density at radius 3 is 2.90 bits per heavy atom. The first-order valence-corrected chi connectivity index (χ1v) is 7.46. The fourth-order valence-electron chi connectivity index (χ4n) is 2.98. The standard InChI is InChI=1S/C15H23ClFN3/c1-19-7-3-4-12(10-19)20(2)15(9-18)11-5-6-14(17)13(16)8-11/h5-6,8,12,15H,3-4,7,9-10,18H2,1-2H3. The zero-order chi connectivity index (χ0) is 14.7. The van der Waals surface area contributed by atoms with Gasteiger partial charge in [-0.2, -0.15) is 0 Å². The third-order valence-electron chi connectivity index (χ3n) is 4.22. The number of rotatable bonds is 4. The summed E-state index contributed by atoms with van der Waals surface area (Å²) in [6, 6.07) is 5.44. The Labute approximate surface area is 125 Å². The summed E-state index contributed by atoms with van der Waals surface area (Å²) in [4.78, 5) is 4.65. The van der Waals surface area contributed by atoms with E-state index < -0.39 is 0 Å². The monoisotopic (exact) mass is 299 g/mol. The van der Waals surface area contributed by atoms with E-state index in [-0.39, 0.29) is 16.9 Å². The normalized spacial score (nSPS) is 22.2. The zero-order valence-corrected chi connectivity index (χ0v) is 12.9. The van der Waals surface area contributed by atoms with Crippen LogP contribution in [0.2, 0.25) is 5.02 Å². The summed E-state index contributed by atoms with van der Waals surface area (Å²) >= 11 is 5.89. The predicted molar refractivity (Wildman–Crippen MR) is 81.5 cm³/mol. The number of likely N-dealkylation sites (N-methyl/N-ethyl adjacent to an activating group) is 2. The second-order valence-corrected chi connectivity index (χ2v) is 6.06. The van der Waals surface area contributed by atoms with Gasteiger partial charge in [-0.1, -0.05) is 17.7 Å². The molecule has 0 aromatic heterocycles. The molecular weight excluding hydrogens is 277 g/mol. The molecule has 1 heterocycles. The Hall–Kier alpha value is -0.680. The lowest BCUT2D eigenvalue weighted by Crippen LogP contribution is -2.47. The number of halogens is 2. The minimum Gasteiger partial charge on any atom is -0.329 e. The molecule has 2 unspecified atom stereocenters. The number of likely N-dealkylation sites (tertiary alicyclic amines) is 1. The molecule has 112 valence electrons. The fourth-order valence-corrected chi connectivity index (χ4v) is 3.17. The molecule has 1 aromatic carbocycles. The molecule has 0 amide bonds. The smallest absolute Gasteiger partial charge is 0.141 e. The molecular formula is C15H23ClFN3. The molecule has 1 aliphatic heterocycles. The van der Waals surface area contributed by atoms with Gasteiger partial charge in [0.15, 0.2) is 0 Å². The van der Waals surface area contributed by atoms with Crippen molar-refractivity contribution in [2.45, 2.75) is 24.9 Å². The van der Waals surface area contributed by atoms with E-state index in [0.717, 1.165) is 18.7 Å². The van der Waals surface area contributed by atoms with Crippen molar-refractivity contribution in [1.29, 1.82) is 0 Å². The molecule has 0 spiro atoms. The number of nitrogens with two attached hydrogens (primary N) is 1. The van der Waals surface area contributed by atoms with Gasteiger partial charge in [0, 0.05) is 25.2 Å². The highest BCUT2D eigenvalue weighted by Gasteiger charge is 2.26. The molecule has 1 saturated heterocycles. The highest BCUT2D eigenvalue weighted by atomic mass is 35.5. The highest BCUT2D eigenvalue weighted by molar-refractivity contribution is 6.30. The SMILES string of the molecule is CN1CCCC(N(C)C(CN)c2ccc(F)c(Cl)c2)C1. The number of hydrogen-bond acceptors (Lipinski definition) is 3. The maximum atomic E-state index is 13.3. The molecule has 5 heteroatoms. The van der Waals surface area contributed by atoms with Gasteiger partial charge in [-0.3, -0.25) is 4.90 Å². The summed E-state index contributed by atoms with van der Waals surface area (Å²) in [5.41, 5.74) is 6.92. The Balaban J connectivity index is 2.15. The van der Waals surface area contributed by atoms with E-state index in [0.29, 0.717) is 12.6 Å². The molecule has 2 atom stereocenters. The van der Waals surface area contributed by atoms with E-state index in [1.54, 1.807) is 12.1 Å². The van der Waals surface area contributed by atoms with Crippen LogP contribution < -0.4 is 5.73 Å². The third-order valence-corrected chi connectivity index (χ3v) is 4.51. The Morgan fingerprint density at radius 1 is 1.55 bits per heavy atom. The average molecular weight is 300 g/mol. The van der Waals surface area contributed by atoms with E-state index in [1.807, 2.05) is 0 Å². The van der Waals surface area contributed by atoms with Crippen molar-refractivity contribution in [3.8, 4) is 0 Å². The first kappa shape index (κ1) is 15.7. The quantitative estimate of drug-likeness (QED) is 0.927. The van der Waals surface area contributed by atoms with Crippen LogP contribution in [0.4, 0.5) is 4.39 Å². The summed E-state index contributed by atoms with van der Waals surface area (Å²) in [5.74, 6) is -0.383. The number of piperidine rings is 1. The average Bonchev–Trinajstić information content (AvgIpc) is 2.43. The van der Waals surface area contributed by atoms with Gasteiger partial charge in [0.25, 0.3) is 0 Å². The van der Waals surface area contributed by atoms with E-state index >= 15 is 0 Å². The van der Waals surface area contributed by atoms with E-state index in [2.05, 4.69) is 23.9 Å². The van der Waals surface area contributed by atoms with E-state index in [1.165, 1.54) is 18.9 Å². The van der Waals surface area contributed by atoms with Crippen LogP contribution in [0.3, 0.4) is 0 Å². The molecule has 0 aliphatic carbocycles. The molecule has 0 bridgehead atoms. The molecule has 3 nitrogen and oxygen atoms in total. The third kappa shape index (κ3) is 3.50.